The molecule has 5 nitrogen and oxygen atoms in total. The first-order chi connectivity index (χ1) is 7.50. The van der Waals surface area contributed by atoms with Gasteiger partial charge in [-0.1, -0.05) is 0 Å². The minimum Gasteiger partial charge on any atom is -0.401 e. The van der Waals surface area contributed by atoms with Gasteiger partial charge in [-0.2, -0.15) is 4.39 Å². The van der Waals surface area contributed by atoms with Crippen LogP contribution in [0.1, 0.15) is 5.56 Å². The Balaban J connectivity index is 3.29. The molecule has 0 aliphatic rings. The van der Waals surface area contributed by atoms with Gasteiger partial charge in [-0.05, 0) is 18.6 Å². The summed E-state index contributed by atoms with van der Waals surface area (Å²) in [6, 6.07) is 0.551. The van der Waals surface area contributed by atoms with Crippen LogP contribution in [0.4, 0.5) is 17.6 Å². The molecule has 0 atom stereocenters. The fourth-order valence-electron chi connectivity index (χ4n) is 1.03. The summed E-state index contributed by atoms with van der Waals surface area (Å²) in [5.74, 6) is -2.93. The molecule has 1 aromatic rings. The van der Waals surface area contributed by atoms with E-state index in [1.807, 2.05) is 0 Å². The van der Waals surface area contributed by atoms with Crippen LogP contribution in [-0.2, 0) is 10.0 Å². The van der Waals surface area contributed by atoms with E-state index in [0.29, 0.717) is 6.07 Å². The first kappa shape index (κ1) is 13.6. The Morgan fingerprint density at radius 3 is 2.35 bits per heavy atom. The van der Waals surface area contributed by atoms with E-state index in [-0.39, 0.29) is 5.56 Å². The number of ether oxygens (including phenoxy) is 1. The van der Waals surface area contributed by atoms with Crippen molar-refractivity contribution < 1.29 is 30.7 Å². The molecule has 0 aliphatic heterocycles. The predicted molar refractivity (Wildman–Crippen MR) is 47.0 cm³/mol. The van der Waals surface area contributed by atoms with Crippen molar-refractivity contribution in [2.75, 3.05) is 0 Å². The van der Waals surface area contributed by atoms with E-state index in [4.69, 9.17) is 0 Å². The third kappa shape index (κ3) is 3.53. The average molecular weight is 274 g/mol. The molecule has 0 radical (unpaired) electrons. The van der Waals surface area contributed by atoms with E-state index >= 15 is 0 Å². The summed E-state index contributed by atoms with van der Waals surface area (Å²) in [5, 5.41) is 3.84. The maximum atomic E-state index is 13.0. The van der Waals surface area contributed by atoms with Crippen LogP contribution in [0.15, 0.2) is 11.1 Å². The molecule has 1 aromatic heterocycles. The van der Waals surface area contributed by atoms with Crippen molar-refractivity contribution in [3.63, 3.8) is 0 Å². The zero-order valence-electron chi connectivity index (χ0n) is 8.25. The lowest BCUT2D eigenvalue weighted by molar-refractivity contribution is -0.275. The predicted octanol–water partition coefficient (Wildman–Crippen LogP) is 1.08. The highest BCUT2D eigenvalue weighted by atomic mass is 32.2. The van der Waals surface area contributed by atoms with Gasteiger partial charge >= 0.3 is 6.36 Å². The average Bonchev–Trinajstić information content (AvgIpc) is 2.06. The molecule has 0 saturated carbocycles. The number of pyridine rings is 1. The van der Waals surface area contributed by atoms with Gasteiger partial charge in [-0.15, -0.1) is 13.2 Å². The van der Waals surface area contributed by atoms with Crippen molar-refractivity contribution >= 4 is 10.0 Å². The molecule has 0 unspecified atom stereocenters. The van der Waals surface area contributed by atoms with Crippen molar-refractivity contribution in [1.82, 2.24) is 4.98 Å². The molecule has 0 fully saturated rings. The third-order valence-corrected chi connectivity index (χ3v) is 2.54. The molecule has 2 N–H and O–H groups in total. The second-order valence-corrected chi connectivity index (χ2v) is 4.47. The first-order valence-corrected chi connectivity index (χ1v) is 5.51. The van der Waals surface area contributed by atoms with E-state index < -0.39 is 33.1 Å². The van der Waals surface area contributed by atoms with Gasteiger partial charge in [0.25, 0.3) is 16.0 Å². The number of alkyl halides is 3. The summed E-state index contributed by atoms with van der Waals surface area (Å²) in [6.07, 6.45) is -5.10. The lowest BCUT2D eigenvalue weighted by Crippen LogP contribution is -2.20. The Bertz CT molecular complexity index is 541. The zero-order valence-corrected chi connectivity index (χ0v) is 9.06. The van der Waals surface area contributed by atoms with Crippen LogP contribution in [0, 0.1) is 12.9 Å². The van der Waals surface area contributed by atoms with Crippen LogP contribution in [0.25, 0.3) is 0 Å². The lowest BCUT2D eigenvalue weighted by atomic mass is 10.3. The largest absolute Gasteiger partial charge is 0.573 e. The summed E-state index contributed by atoms with van der Waals surface area (Å²) >= 11 is 0. The molecule has 0 amide bonds. The minimum atomic E-state index is -5.10. The standard InChI is InChI=1S/C7H6F4N2O3S/c1-3-2-4(16-7(9,10)11)5(8)13-6(3)17(12,14)15/h2H,1H3,(H2,12,14,15). The highest BCUT2D eigenvalue weighted by Gasteiger charge is 2.33. The Morgan fingerprint density at radius 2 is 1.94 bits per heavy atom. The van der Waals surface area contributed by atoms with Crippen LogP contribution < -0.4 is 9.88 Å². The molecule has 0 aromatic carbocycles. The molecule has 0 bridgehead atoms. The maximum absolute atomic E-state index is 13.0. The molecule has 1 heterocycles. The van der Waals surface area contributed by atoms with Gasteiger partial charge in [-0.25, -0.2) is 18.5 Å². The van der Waals surface area contributed by atoms with E-state index in [2.05, 4.69) is 14.9 Å². The minimum absolute atomic E-state index is 0.256. The number of nitrogens with zero attached hydrogens (tertiary/aromatic N) is 1. The Hall–Kier alpha value is -1.42. The van der Waals surface area contributed by atoms with Gasteiger partial charge in [0, 0.05) is 0 Å². The Kier molecular flexibility index (Phi) is 3.30. The molecule has 10 heteroatoms. The number of primary sulfonamides is 1. The summed E-state index contributed by atoms with van der Waals surface area (Å²) in [4.78, 5) is 2.82. The number of aryl methyl sites for hydroxylation is 1. The van der Waals surface area contributed by atoms with E-state index in [1.54, 1.807) is 0 Å². The third-order valence-electron chi connectivity index (χ3n) is 1.58. The Labute approximate surface area is 93.3 Å². The topological polar surface area (TPSA) is 82.3 Å². The second-order valence-electron chi connectivity index (χ2n) is 2.99. The van der Waals surface area contributed by atoms with Gasteiger partial charge in [0.1, 0.15) is 0 Å². The number of nitrogens with two attached hydrogens (primary N) is 1. The number of hydrogen-bond donors (Lipinski definition) is 1. The van der Waals surface area contributed by atoms with E-state index in [9.17, 15) is 26.0 Å². The van der Waals surface area contributed by atoms with Gasteiger partial charge in [0.05, 0.1) is 0 Å². The number of sulfonamides is 1. The van der Waals surface area contributed by atoms with Crippen molar-refractivity contribution in [1.29, 1.82) is 0 Å². The van der Waals surface area contributed by atoms with E-state index in [1.165, 1.54) is 0 Å². The number of hydrogen-bond acceptors (Lipinski definition) is 4. The fourth-order valence-corrected chi connectivity index (χ4v) is 1.75. The van der Waals surface area contributed by atoms with Crippen LogP contribution in [0.2, 0.25) is 0 Å². The zero-order chi connectivity index (χ0) is 13.4. The van der Waals surface area contributed by atoms with Crippen molar-refractivity contribution in [3.05, 3.63) is 17.6 Å². The molecule has 0 aliphatic carbocycles. The number of halogens is 4. The van der Waals surface area contributed by atoms with E-state index in [0.717, 1.165) is 6.92 Å². The molecule has 1 rings (SSSR count). The van der Waals surface area contributed by atoms with Crippen molar-refractivity contribution in [2.24, 2.45) is 5.14 Å². The monoisotopic (exact) mass is 274 g/mol. The summed E-state index contributed by atoms with van der Waals surface area (Å²) in [7, 11) is -4.30. The van der Waals surface area contributed by atoms with Crippen LogP contribution in [0.5, 0.6) is 5.75 Å². The van der Waals surface area contributed by atoms with Crippen LogP contribution >= 0.6 is 0 Å². The molecule has 0 spiro atoms. The SMILES string of the molecule is Cc1cc(OC(F)(F)F)c(F)nc1S(N)(=O)=O. The summed E-state index contributed by atoms with van der Waals surface area (Å²) < 4.78 is 73.6. The number of rotatable bonds is 2. The quantitative estimate of drug-likeness (QED) is 0.646. The van der Waals surface area contributed by atoms with Gasteiger partial charge in [0.2, 0.25) is 0 Å². The van der Waals surface area contributed by atoms with Gasteiger partial charge in [0.15, 0.2) is 10.8 Å². The highest BCUT2D eigenvalue weighted by Crippen LogP contribution is 2.27. The normalized spacial score (nSPS) is 12.6. The molecule has 96 valence electrons. The maximum Gasteiger partial charge on any atom is 0.573 e. The second kappa shape index (κ2) is 4.11. The van der Waals surface area contributed by atoms with Crippen LogP contribution in [0.3, 0.4) is 0 Å². The molecule has 0 saturated heterocycles. The van der Waals surface area contributed by atoms with Crippen molar-refractivity contribution in [2.45, 2.75) is 18.3 Å². The molecule has 17 heavy (non-hydrogen) atoms. The van der Waals surface area contributed by atoms with Crippen LogP contribution in [-0.4, -0.2) is 19.8 Å². The summed E-state index contributed by atoms with van der Waals surface area (Å²) in [5.41, 5.74) is -0.256. The molecular formula is C7H6F4N2O3S. The van der Waals surface area contributed by atoms with Gasteiger partial charge < -0.3 is 4.74 Å². The first-order valence-electron chi connectivity index (χ1n) is 3.96. The highest BCUT2D eigenvalue weighted by molar-refractivity contribution is 7.89. The smallest absolute Gasteiger partial charge is 0.401 e. The number of aromatic nitrogens is 1. The van der Waals surface area contributed by atoms with Crippen molar-refractivity contribution in [3.8, 4) is 5.75 Å². The lowest BCUT2D eigenvalue weighted by Gasteiger charge is -2.11. The molecular weight excluding hydrogens is 268 g/mol. The fraction of sp³-hybridized carbons (Fsp3) is 0.286. The van der Waals surface area contributed by atoms with Gasteiger partial charge in [-0.3, -0.25) is 0 Å². The summed E-state index contributed by atoms with van der Waals surface area (Å²) in [6.45, 7) is 1.11. The Morgan fingerprint density at radius 1 is 1.41 bits per heavy atom.